The molecule has 1 fully saturated rings. The summed E-state index contributed by atoms with van der Waals surface area (Å²) in [5, 5.41) is 30.3. The second kappa shape index (κ2) is 27.4. The van der Waals surface area contributed by atoms with Crippen molar-refractivity contribution in [3.8, 4) is 6.07 Å². The van der Waals surface area contributed by atoms with E-state index in [0.29, 0.717) is 51.2 Å². The third-order valence-electron chi connectivity index (χ3n) is 9.38. The molecule has 1 heterocycles. The Morgan fingerprint density at radius 1 is 0.742 bits per heavy atom. The average molecular weight is 846 g/mol. The number of hydrogen-bond donors (Lipinski definition) is 3. The Kier molecular flexibility index (Phi) is 21.3. The Morgan fingerprint density at radius 2 is 1.26 bits per heavy atom. The number of nitrogens with one attached hydrogen (secondary N) is 1. The molecule has 0 aromatic heterocycles. The normalized spacial score (nSPS) is 13.7. The fourth-order valence-electron chi connectivity index (χ4n) is 6.31. The van der Waals surface area contributed by atoms with E-state index in [-0.39, 0.29) is 38.1 Å². The largest absolute Gasteiger partial charge is 1.00 e. The smallest absolute Gasteiger partial charge is 0.463 e. The summed E-state index contributed by atoms with van der Waals surface area (Å²) in [6.07, 6.45) is 0.680. The highest BCUT2D eigenvalue weighted by Crippen LogP contribution is 2.27. The summed E-state index contributed by atoms with van der Waals surface area (Å²) in [6.45, 7) is 4.32. The number of aliphatic hydroxyl groups is 2. The first kappa shape index (κ1) is 48.2. The summed E-state index contributed by atoms with van der Waals surface area (Å²) in [4.78, 5) is 26.1. The highest BCUT2D eigenvalue weighted by Gasteiger charge is 2.33. The molecular weight excluding hydrogens is 794 g/mol. The van der Waals surface area contributed by atoms with Gasteiger partial charge in [-0.25, -0.2) is 18.0 Å². The van der Waals surface area contributed by atoms with Gasteiger partial charge in [0.1, 0.15) is 42.4 Å². The van der Waals surface area contributed by atoms with Crippen molar-refractivity contribution in [2.45, 2.75) is 31.7 Å². The van der Waals surface area contributed by atoms with Crippen LogP contribution in [-0.2, 0) is 29.2 Å². The molecule has 62 heavy (non-hydrogen) atoms. The van der Waals surface area contributed by atoms with E-state index in [9.17, 15) is 33.1 Å². The molecule has 0 radical (unpaired) electrons. The zero-order chi connectivity index (χ0) is 44.4. The van der Waals surface area contributed by atoms with Crippen LogP contribution in [0, 0.1) is 28.8 Å². The van der Waals surface area contributed by atoms with Gasteiger partial charge in [0.15, 0.2) is 0 Å². The van der Waals surface area contributed by atoms with Crippen molar-refractivity contribution in [2.24, 2.45) is 0 Å². The molecule has 9 nitrogen and oxygen atoms in total. The molecule has 2 unspecified atom stereocenters. The lowest BCUT2D eigenvalue weighted by molar-refractivity contribution is -0.158. The molecule has 6 aromatic rings. The Labute approximate surface area is 362 Å². The van der Waals surface area contributed by atoms with E-state index in [4.69, 9.17) is 9.84 Å². The van der Waals surface area contributed by atoms with Crippen LogP contribution in [0.2, 0.25) is 0 Å². The number of hydrogen-bond acceptors (Lipinski definition) is 9. The predicted molar refractivity (Wildman–Crippen MR) is 234 cm³/mol. The topological polar surface area (TPSA) is 126 Å². The molecule has 12 heteroatoms. The molecule has 6 aromatic carbocycles. The van der Waals surface area contributed by atoms with Gasteiger partial charge in [-0.3, -0.25) is 14.6 Å². The zero-order valence-electron chi connectivity index (χ0n) is 35.3. The van der Waals surface area contributed by atoms with Gasteiger partial charge in [-0.1, -0.05) is 115 Å². The van der Waals surface area contributed by atoms with Gasteiger partial charge in [0, 0.05) is 44.8 Å². The third kappa shape index (κ3) is 16.9. The molecule has 1 aliphatic rings. The lowest BCUT2D eigenvalue weighted by atomic mass is 10.0. The fourth-order valence-corrected chi connectivity index (χ4v) is 6.31. The molecular formula is C50H52F3N4O5+. The van der Waals surface area contributed by atoms with Crippen LogP contribution in [0.4, 0.5) is 13.2 Å². The first-order chi connectivity index (χ1) is 30.2. The van der Waals surface area contributed by atoms with E-state index in [2.05, 4.69) is 28.4 Å². The van der Waals surface area contributed by atoms with Crippen LogP contribution in [0.3, 0.4) is 0 Å². The Hall–Kier alpha value is -6.46. The number of carbonyl (C=O) groups excluding carboxylic acids is 2. The summed E-state index contributed by atoms with van der Waals surface area (Å²) < 4.78 is 43.4. The van der Waals surface area contributed by atoms with Gasteiger partial charge in [0.2, 0.25) is 0 Å². The summed E-state index contributed by atoms with van der Waals surface area (Å²) >= 11 is 0. The summed E-state index contributed by atoms with van der Waals surface area (Å²) in [7, 11) is 0. The lowest BCUT2D eigenvalue weighted by Gasteiger charge is -2.34. The molecule has 0 amide bonds. The van der Waals surface area contributed by atoms with E-state index < -0.39 is 12.1 Å². The fraction of sp³-hybridized carbons (Fsp3) is 0.220. The van der Waals surface area contributed by atoms with Gasteiger partial charge >= 0.3 is 7.40 Å². The molecule has 1 aliphatic heterocycles. The van der Waals surface area contributed by atoms with Crippen molar-refractivity contribution >= 4 is 12.3 Å². The maximum Gasteiger partial charge on any atom is 1.00 e. The van der Waals surface area contributed by atoms with Crippen molar-refractivity contribution in [1.29, 1.82) is 5.26 Å². The van der Waals surface area contributed by atoms with E-state index in [0.717, 1.165) is 28.8 Å². The van der Waals surface area contributed by atoms with Gasteiger partial charge in [-0.15, -0.1) is 0 Å². The summed E-state index contributed by atoms with van der Waals surface area (Å²) in [5.41, 5.74) is 5.44. The number of nitrogens with zero attached hydrogens (tertiary/aromatic N) is 3. The standard InChI is InChI=1S/C17H17FN2O.C17H16FNO2.C9H13NO.C7H5FO/c18-16-8-6-15(7-9-16)17(12-19)20(10-11-21)13-14-4-2-1-3-5-14;18-15-8-6-14(7-9-15)16-17(20)21-11-10-19(16)12-13-4-2-1-3-5-13;11-7-6-10-8-9-4-2-1-3-5-9;8-7-3-1-6(5-9)2-4-7/h1-9,17,21H,10-11,13H2;1-9,16H,10-12H2;1-5,10-11H,6-8H2;1-5H/p+1. The van der Waals surface area contributed by atoms with Gasteiger partial charge in [0.25, 0.3) is 0 Å². The second-order valence-electron chi connectivity index (χ2n) is 13.9. The molecule has 7 rings (SSSR count). The van der Waals surface area contributed by atoms with Crippen LogP contribution in [0.15, 0.2) is 164 Å². The number of ether oxygens (including phenoxy) is 1. The highest BCUT2D eigenvalue weighted by molar-refractivity contribution is 5.78. The molecule has 2 atom stereocenters. The number of aldehydes is 1. The minimum atomic E-state index is -0.516. The number of cyclic esters (lactones) is 1. The number of aliphatic hydroxyl groups excluding tert-OH is 2. The average Bonchev–Trinajstić information content (AvgIpc) is 3.30. The minimum absolute atomic E-state index is 0. The number of halogens is 3. The first-order valence-electron chi connectivity index (χ1n) is 20.0. The van der Waals surface area contributed by atoms with Crippen LogP contribution >= 0.6 is 0 Å². The SMILES string of the molecule is N#CC(c1ccc(F)cc1)N(CCO)Cc1ccccc1.O=C1OCCN(Cc2ccccc2)C1c1ccc(F)cc1.O=Cc1ccc(F)cc1.OCCNCc1ccccc1.[H+]. The lowest BCUT2D eigenvalue weighted by Crippen LogP contribution is -2.42. The van der Waals surface area contributed by atoms with Gasteiger partial charge in [0.05, 0.1) is 19.3 Å². The van der Waals surface area contributed by atoms with Gasteiger partial charge in [-0.05, 0) is 76.3 Å². The predicted octanol–water partition coefficient (Wildman–Crippen LogP) is 8.33. The monoisotopic (exact) mass is 845 g/mol. The third-order valence-corrected chi connectivity index (χ3v) is 9.38. The van der Waals surface area contributed by atoms with Crippen LogP contribution in [0.5, 0.6) is 0 Å². The van der Waals surface area contributed by atoms with Gasteiger partial charge < -0.3 is 20.3 Å². The minimum Gasteiger partial charge on any atom is -0.463 e. The number of rotatable bonds is 14. The van der Waals surface area contributed by atoms with Crippen molar-refractivity contribution in [2.75, 3.05) is 39.5 Å². The number of carbonyl (C=O) groups is 2. The van der Waals surface area contributed by atoms with Crippen LogP contribution in [-0.4, -0.2) is 71.7 Å². The quantitative estimate of drug-likeness (QED) is 0.0564. The van der Waals surface area contributed by atoms with Crippen molar-refractivity contribution < 1.29 is 39.1 Å². The summed E-state index contributed by atoms with van der Waals surface area (Å²) in [5.74, 6) is -1.23. The zero-order valence-corrected chi connectivity index (χ0v) is 34.3. The van der Waals surface area contributed by atoms with E-state index in [1.54, 1.807) is 24.3 Å². The Morgan fingerprint density at radius 3 is 1.77 bits per heavy atom. The van der Waals surface area contributed by atoms with Crippen LogP contribution < -0.4 is 5.32 Å². The maximum atomic E-state index is 13.1. The molecule has 322 valence electrons. The molecule has 0 bridgehead atoms. The molecule has 1 saturated heterocycles. The second-order valence-corrected chi connectivity index (χ2v) is 13.9. The maximum absolute atomic E-state index is 13.1. The highest BCUT2D eigenvalue weighted by atomic mass is 19.1. The van der Waals surface area contributed by atoms with E-state index >= 15 is 0 Å². The number of nitriles is 1. The molecule has 0 aliphatic carbocycles. The Bertz CT molecular complexity index is 2200. The number of benzene rings is 6. The van der Waals surface area contributed by atoms with Crippen LogP contribution in [0.1, 0.15) is 51.7 Å². The van der Waals surface area contributed by atoms with Crippen molar-refractivity contribution in [3.63, 3.8) is 0 Å². The number of esters is 1. The molecule has 0 spiro atoms. The van der Waals surface area contributed by atoms with Crippen LogP contribution in [0.25, 0.3) is 0 Å². The van der Waals surface area contributed by atoms with Crippen molar-refractivity contribution in [1.82, 2.24) is 15.1 Å². The van der Waals surface area contributed by atoms with Gasteiger partial charge in [-0.2, -0.15) is 5.26 Å². The molecule has 3 N–H and O–H groups in total. The summed E-state index contributed by atoms with van der Waals surface area (Å²) in [6, 6.07) is 48.4. The van der Waals surface area contributed by atoms with Crippen molar-refractivity contribution in [3.05, 3.63) is 215 Å². The molecule has 0 saturated carbocycles. The van der Waals surface area contributed by atoms with E-state index in [1.807, 2.05) is 83.8 Å². The first-order valence-corrected chi connectivity index (χ1v) is 20.0. The Balaban J connectivity index is 0.000000236. The number of morpholine rings is 1. The van der Waals surface area contributed by atoms with E-state index in [1.165, 1.54) is 54.1 Å².